The standard InChI is InChI=1S/C48H38N4/c1-31-19-20-32(2)27-43(39-14-6-3-11-34(39)22-21-31)47-50-46(35-25-23-33(24-26-35)38-28-37-13-5-10-18-45(37)49-30-38)51-48(52-47)44-29-36-12-4-7-15-40(36)41-16-8-9-17-42(41)44/h3-20,23-32H,21-22H2,1-2H3/b20-19-,43-27+/t31?,32-/m0/s1. The van der Waals surface area contributed by atoms with E-state index in [-0.39, 0.29) is 5.92 Å². The molecule has 0 aliphatic heterocycles. The highest BCUT2D eigenvalue weighted by Crippen LogP contribution is 2.36. The molecule has 52 heavy (non-hydrogen) atoms. The van der Waals surface area contributed by atoms with Crippen LogP contribution in [0.4, 0.5) is 0 Å². The van der Waals surface area contributed by atoms with E-state index in [0.717, 1.165) is 62.3 Å². The van der Waals surface area contributed by atoms with Crippen LogP contribution in [0.5, 0.6) is 0 Å². The lowest BCUT2D eigenvalue weighted by molar-refractivity contribution is 0.641. The Kier molecular flexibility index (Phi) is 8.21. The number of hydrogen-bond acceptors (Lipinski definition) is 4. The number of fused-ring (bicyclic) bond motifs is 5. The molecule has 0 spiro atoms. The van der Waals surface area contributed by atoms with E-state index in [9.17, 15) is 0 Å². The summed E-state index contributed by atoms with van der Waals surface area (Å²) in [6, 6.07) is 47.1. The summed E-state index contributed by atoms with van der Waals surface area (Å²) >= 11 is 0. The highest BCUT2D eigenvalue weighted by atomic mass is 15.0. The molecule has 2 heterocycles. The first-order valence-corrected chi connectivity index (χ1v) is 18.2. The van der Waals surface area contributed by atoms with Gasteiger partial charge in [0.1, 0.15) is 0 Å². The van der Waals surface area contributed by atoms with Crippen molar-refractivity contribution in [2.24, 2.45) is 11.8 Å². The third-order valence-electron chi connectivity index (χ3n) is 10.3. The van der Waals surface area contributed by atoms with Gasteiger partial charge in [-0.25, -0.2) is 15.0 Å². The van der Waals surface area contributed by atoms with Gasteiger partial charge in [0, 0.05) is 33.8 Å². The molecule has 0 bridgehead atoms. The molecule has 1 unspecified atom stereocenters. The van der Waals surface area contributed by atoms with E-state index in [1.807, 2.05) is 18.3 Å². The smallest absolute Gasteiger partial charge is 0.164 e. The van der Waals surface area contributed by atoms with Crippen molar-refractivity contribution in [3.05, 3.63) is 175 Å². The summed E-state index contributed by atoms with van der Waals surface area (Å²) in [6.45, 7) is 4.55. The van der Waals surface area contributed by atoms with Crippen molar-refractivity contribution in [2.45, 2.75) is 26.7 Å². The molecule has 4 nitrogen and oxygen atoms in total. The van der Waals surface area contributed by atoms with E-state index in [0.29, 0.717) is 23.4 Å². The first-order chi connectivity index (χ1) is 25.6. The number of aryl methyl sites for hydroxylation is 1. The molecular formula is C48H38N4. The van der Waals surface area contributed by atoms with Gasteiger partial charge in [-0.3, -0.25) is 4.98 Å². The molecule has 1 aliphatic rings. The minimum Gasteiger partial charge on any atom is -0.256 e. The third-order valence-corrected chi connectivity index (χ3v) is 10.3. The lowest BCUT2D eigenvalue weighted by atomic mass is 9.89. The van der Waals surface area contributed by atoms with Crippen LogP contribution in [0.1, 0.15) is 37.2 Å². The zero-order chi connectivity index (χ0) is 35.0. The first kappa shape index (κ1) is 31.7. The number of allylic oxidation sites excluding steroid dienone is 3. The number of hydrogen-bond donors (Lipinski definition) is 0. The summed E-state index contributed by atoms with van der Waals surface area (Å²) in [5.74, 6) is 2.70. The van der Waals surface area contributed by atoms with Crippen LogP contribution >= 0.6 is 0 Å². The molecule has 6 aromatic carbocycles. The van der Waals surface area contributed by atoms with Crippen LogP contribution < -0.4 is 0 Å². The summed E-state index contributed by atoms with van der Waals surface area (Å²) in [5, 5.41) is 5.80. The zero-order valence-electron chi connectivity index (χ0n) is 29.4. The van der Waals surface area contributed by atoms with E-state index < -0.39 is 0 Å². The van der Waals surface area contributed by atoms with Crippen LogP contribution in [0.15, 0.2) is 158 Å². The fraction of sp³-hybridized carbons (Fsp3) is 0.125. The van der Waals surface area contributed by atoms with Crippen molar-refractivity contribution < 1.29 is 0 Å². The molecule has 0 amide bonds. The van der Waals surface area contributed by atoms with Crippen LogP contribution in [0, 0.1) is 11.8 Å². The normalized spacial score (nSPS) is 17.8. The van der Waals surface area contributed by atoms with Gasteiger partial charge in [0.2, 0.25) is 0 Å². The number of para-hydroxylation sites is 1. The van der Waals surface area contributed by atoms with Crippen LogP contribution in [-0.4, -0.2) is 19.9 Å². The molecule has 1 aliphatic carbocycles. The zero-order valence-corrected chi connectivity index (χ0v) is 29.4. The quantitative estimate of drug-likeness (QED) is 0.138. The molecule has 0 radical (unpaired) electrons. The molecule has 0 saturated heterocycles. The topological polar surface area (TPSA) is 51.6 Å². The minimum absolute atomic E-state index is 0.198. The summed E-state index contributed by atoms with van der Waals surface area (Å²) < 4.78 is 0. The van der Waals surface area contributed by atoms with Crippen molar-refractivity contribution in [3.8, 4) is 33.9 Å². The molecule has 8 aromatic rings. The second-order valence-electron chi connectivity index (χ2n) is 14.0. The van der Waals surface area contributed by atoms with Gasteiger partial charge >= 0.3 is 0 Å². The van der Waals surface area contributed by atoms with E-state index >= 15 is 0 Å². The Hall–Kier alpha value is -6.26. The average molecular weight is 671 g/mol. The van der Waals surface area contributed by atoms with Gasteiger partial charge in [-0.1, -0.05) is 147 Å². The maximum Gasteiger partial charge on any atom is 0.164 e. The Balaban J connectivity index is 1.25. The summed E-state index contributed by atoms with van der Waals surface area (Å²) in [4.78, 5) is 20.6. The fourth-order valence-electron chi connectivity index (χ4n) is 7.47. The van der Waals surface area contributed by atoms with E-state index in [1.54, 1.807) is 0 Å². The molecule has 0 saturated carbocycles. The van der Waals surface area contributed by atoms with Crippen LogP contribution in [0.25, 0.3) is 71.9 Å². The van der Waals surface area contributed by atoms with Gasteiger partial charge in [-0.15, -0.1) is 0 Å². The molecule has 0 fully saturated rings. The SMILES string of the molecule is CC1/C=C\[C@H](C)/C=C(/c2nc(-c3ccc(-c4cnc5ccccc5c4)cc3)nc(-c3cc4ccccc4c4ccccc34)n2)c2ccccc2CC1. The van der Waals surface area contributed by atoms with E-state index in [1.165, 1.54) is 21.9 Å². The lowest BCUT2D eigenvalue weighted by Crippen LogP contribution is -2.08. The van der Waals surface area contributed by atoms with Crippen LogP contribution in [-0.2, 0) is 6.42 Å². The van der Waals surface area contributed by atoms with Crippen molar-refractivity contribution in [2.75, 3.05) is 0 Å². The van der Waals surface area contributed by atoms with Gasteiger partial charge in [0.15, 0.2) is 17.5 Å². The Morgan fingerprint density at radius 2 is 1.19 bits per heavy atom. The maximum absolute atomic E-state index is 5.36. The number of aromatic nitrogens is 4. The molecule has 2 atom stereocenters. The highest BCUT2D eigenvalue weighted by Gasteiger charge is 2.20. The Morgan fingerprint density at radius 3 is 2.06 bits per heavy atom. The highest BCUT2D eigenvalue weighted by molar-refractivity contribution is 6.13. The summed E-state index contributed by atoms with van der Waals surface area (Å²) in [5.41, 5.74) is 8.62. The largest absolute Gasteiger partial charge is 0.256 e. The maximum atomic E-state index is 5.36. The van der Waals surface area contributed by atoms with Gasteiger partial charge in [0.25, 0.3) is 0 Å². The number of nitrogens with zero attached hydrogens (tertiary/aromatic N) is 4. The second-order valence-corrected chi connectivity index (χ2v) is 14.0. The Bertz CT molecular complexity index is 2670. The van der Waals surface area contributed by atoms with Crippen molar-refractivity contribution >= 4 is 38.0 Å². The molecule has 0 N–H and O–H groups in total. The van der Waals surface area contributed by atoms with Crippen LogP contribution in [0.3, 0.4) is 0 Å². The van der Waals surface area contributed by atoms with Crippen molar-refractivity contribution in [1.29, 1.82) is 0 Å². The predicted octanol–water partition coefficient (Wildman–Crippen LogP) is 11.9. The van der Waals surface area contributed by atoms with Crippen molar-refractivity contribution in [3.63, 3.8) is 0 Å². The monoisotopic (exact) mass is 670 g/mol. The predicted molar refractivity (Wildman–Crippen MR) is 216 cm³/mol. The molecule has 2 aromatic heterocycles. The number of benzene rings is 6. The van der Waals surface area contributed by atoms with Crippen LogP contribution in [0.2, 0.25) is 0 Å². The summed E-state index contributed by atoms with van der Waals surface area (Å²) in [7, 11) is 0. The fourth-order valence-corrected chi connectivity index (χ4v) is 7.47. The van der Waals surface area contributed by atoms with E-state index in [4.69, 9.17) is 19.9 Å². The molecule has 250 valence electrons. The summed E-state index contributed by atoms with van der Waals surface area (Å²) in [6.07, 6.45) is 11.0. The van der Waals surface area contributed by atoms with Crippen molar-refractivity contribution in [1.82, 2.24) is 19.9 Å². The van der Waals surface area contributed by atoms with Gasteiger partial charge in [-0.2, -0.15) is 0 Å². The first-order valence-electron chi connectivity index (χ1n) is 18.2. The molecule has 9 rings (SSSR count). The third kappa shape index (κ3) is 6.07. The molecular weight excluding hydrogens is 633 g/mol. The van der Waals surface area contributed by atoms with Gasteiger partial charge in [-0.05, 0) is 81.1 Å². The Morgan fingerprint density at radius 1 is 0.519 bits per heavy atom. The lowest BCUT2D eigenvalue weighted by Gasteiger charge is -2.18. The van der Waals surface area contributed by atoms with Gasteiger partial charge < -0.3 is 0 Å². The Labute approximate surface area is 304 Å². The van der Waals surface area contributed by atoms with Gasteiger partial charge in [0.05, 0.1) is 5.52 Å². The minimum atomic E-state index is 0.198. The molecule has 4 heteroatoms. The average Bonchev–Trinajstić information content (AvgIpc) is 3.20. The number of pyridine rings is 1. The number of rotatable bonds is 4. The van der Waals surface area contributed by atoms with E-state index in [2.05, 4.69) is 153 Å². The second kappa shape index (κ2) is 13.5.